The molecular formula is C19H27NO. The van der Waals surface area contributed by atoms with Crippen molar-refractivity contribution in [2.75, 3.05) is 0 Å². The Hall–Kier alpha value is -1.31. The third-order valence-electron chi connectivity index (χ3n) is 5.30. The van der Waals surface area contributed by atoms with Crippen molar-refractivity contribution in [2.45, 2.75) is 64.5 Å². The van der Waals surface area contributed by atoms with E-state index in [-0.39, 0.29) is 0 Å². The van der Waals surface area contributed by atoms with E-state index in [1.54, 1.807) is 0 Å². The maximum absolute atomic E-state index is 12.2. The molecule has 3 unspecified atom stereocenters. The SMILES string of the molecule is CC1CCCC(CC2CCC(=O)N2Cc2ccccc2)C1. The van der Waals surface area contributed by atoms with Crippen LogP contribution in [0, 0.1) is 11.8 Å². The van der Waals surface area contributed by atoms with E-state index in [1.165, 1.54) is 37.7 Å². The second-order valence-corrected chi connectivity index (χ2v) is 7.07. The molecule has 2 nitrogen and oxygen atoms in total. The third-order valence-corrected chi connectivity index (χ3v) is 5.30. The summed E-state index contributed by atoms with van der Waals surface area (Å²) in [6, 6.07) is 10.9. The molecule has 21 heavy (non-hydrogen) atoms. The first-order valence-electron chi connectivity index (χ1n) is 8.56. The van der Waals surface area contributed by atoms with Gasteiger partial charge in [-0.15, -0.1) is 0 Å². The van der Waals surface area contributed by atoms with Gasteiger partial charge in [0.1, 0.15) is 0 Å². The lowest BCUT2D eigenvalue weighted by atomic mass is 9.79. The molecule has 1 saturated heterocycles. The molecule has 1 amide bonds. The molecule has 0 N–H and O–H groups in total. The summed E-state index contributed by atoms with van der Waals surface area (Å²) >= 11 is 0. The molecular weight excluding hydrogens is 258 g/mol. The smallest absolute Gasteiger partial charge is 0.223 e. The highest BCUT2D eigenvalue weighted by Gasteiger charge is 2.33. The largest absolute Gasteiger partial charge is 0.335 e. The molecule has 1 heterocycles. The summed E-state index contributed by atoms with van der Waals surface area (Å²) < 4.78 is 0. The van der Waals surface area contributed by atoms with Crippen molar-refractivity contribution in [3.63, 3.8) is 0 Å². The fourth-order valence-corrected chi connectivity index (χ4v) is 4.19. The number of amides is 1. The van der Waals surface area contributed by atoms with Gasteiger partial charge in [-0.2, -0.15) is 0 Å². The number of hydrogen-bond donors (Lipinski definition) is 0. The van der Waals surface area contributed by atoms with Crippen LogP contribution < -0.4 is 0 Å². The van der Waals surface area contributed by atoms with Gasteiger partial charge in [0.15, 0.2) is 0 Å². The van der Waals surface area contributed by atoms with Crippen LogP contribution in [0.5, 0.6) is 0 Å². The highest BCUT2D eigenvalue weighted by molar-refractivity contribution is 5.78. The second kappa shape index (κ2) is 6.64. The third kappa shape index (κ3) is 3.66. The number of nitrogens with zero attached hydrogens (tertiary/aromatic N) is 1. The van der Waals surface area contributed by atoms with Crippen molar-refractivity contribution in [2.24, 2.45) is 11.8 Å². The summed E-state index contributed by atoms with van der Waals surface area (Å²) in [5, 5.41) is 0. The lowest BCUT2D eigenvalue weighted by Crippen LogP contribution is -2.34. The van der Waals surface area contributed by atoms with E-state index in [4.69, 9.17) is 0 Å². The van der Waals surface area contributed by atoms with E-state index < -0.39 is 0 Å². The van der Waals surface area contributed by atoms with Crippen LogP contribution >= 0.6 is 0 Å². The Morgan fingerprint density at radius 2 is 1.95 bits per heavy atom. The van der Waals surface area contributed by atoms with Gasteiger partial charge < -0.3 is 4.90 Å². The van der Waals surface area contributed by atoms with Gasteiger partial charge in [-0.05, 0) is 36.7 Å². The van der Waals surface area contributed by atoms with Crippen molar-refractivity contribution in [1.29, 1.82) is 0 Å². The fourth-order valence-electron chi connectivity index (χ4n) is 4.19. The zero-order chi connectivity index (χ0) is 14.7. The average molecular weight is 285 g/mol. The number of carbonyl (C=O) groups excluding carboxylic acids is 1. The van der Waals surface area contributed by atoms with Crippen molar-refractivity contribution in [3.05, 3.63) is 35.9 Å². The lowest BCUT2D eigenvalue weighted by Gasteiger charge is -2.32. The lowest BCUT2D eigenvalue weighted by molar-refractivity contribution is -0.129. The zero-order valence-corrected chi connectivity index (χ0v) is 13.1. The van der Waals surface area contributed by atoms with Gasteiger partial charge in [0.25, 0.3) is 0 Å². The van der Waals surface area contributed by atoms with Gasteiger partial charge in [0.05, 0.1) is 0 Å². The van der Waals surface area contributed by atoms with Gasteiger partial charge in [0, 0.05) is 19.0 Å². The molecule has 114 valence electrons. The first kappa shape index (κ1) is 14.6. The topological polar surface area (TPSA) is 20.3 Å². The molecule has 1 aromatic carbocycles. The summed E-state index contributed by atoms with van der Waals surface area (Å²) in [5.74, 6) is 2.07. The molecule has 3 atom stereocenters. The summed E-state index contributed by atoms with van der Waals surface area (Å²) in [6.45, 7) is 3.18. The molecule has 3 rings (SSSR count). The predicted octanol–water partition coefficient (Wildman–Crippen LogP) is 4.39. The molecule has 0 spiro atoms. The zero-order valence-electron chi connectivity index (χ0n) is 13.1. The average Bonchev–Trinajstić information content (AvgIpc) is 2.81. The predicted molar refractivity (Wildman–Crippen MR) is 85.8 cm³/mol. The summed E-state index contributed by atoms with van der Waals surface area (Å²) in [5.41, 5.74) is 1.26. The minimum Gasteiger partial charge on any atom is -0.335 e. The molecule has 0 radical (unpaired) electrons. The van der Waals surface area contributed by atoms with E-state index >= 15 is 0 Å². The van der Waals surface area contributed by atoms with Crippen LogP contribution in [0.25, 0.3) is 0 Å². The van der Waals surface area contributed by atoms with Crippen LogP contribution in [0.3, 0.4) is 0 Å². The van der Waals surface area contributed by atoms with E-state index in [0.29, 0.717) is 11.9 Å². The molecule has 2 fully saturated rings. The highest BCUT2D eigenvalue weighted by Crippen LogP contribution is 2.35. The van der Waals surface area contributed by atoms with Crippen LogP contribution in [0.15, 0.2) is 30.3 Å². The molecule has 2 aliphatic rings. The minimum absolute atomic E-state index is 0.354. The number of rotatable bonds is 4. The summed E-state index contributed by atoms with van der Waals surface area (Å²) in [4.78, 5) is 14.4. The van der Waals surface area contributed by atoms with E-state index in [0.717, 1.165) is 31.2 Å². The Labute approximate surface area is 128 Å². The van der Waals surface area contributed by atoms with E-state index in [1.807, 2.05) is 6.07 Å². The number of carbonyl (C=O) groups is 1. The Morgan fingerprint density at radius 1 is 1.14 bits per heavy atom. The first-order valence-corrected chi connectivity index (χ1v) is 8.56. The van der Waals surface area contributed by atoms with Crippen molar-refractivity contribution >= 4 is 5.91 Å². The Kier molecular flexibility index (Phi) is 4.62. The monoisotopic (exact) mass is 285 g/mol. The quantitative estimate of drug-likeness (QED) is 0.803. The molecule has 1 aromatic rings. The highest BCUT2D eigenvalue weighted by atomic mass is 16.2. The van der Waals surface area contributed by atoms with Gasteiger partial charge in [-0.25, -0.2) is 0 Å². The maximum atomic E-state index is 12.2. The van der Waals surface area contributed by atoms with Gasteiger partial charge in [-0.1, -0.05) is 56.5 Å². The van der Waals surface area contributed by atoms with Gasteiger partial charge in [-0.3, -0.25) is 4.79 Å². The molecule has 2 heteroatoms. The fraction of sp³-hybridized carbons (Fsp3) is 0.632. The van der Waals surface area contributed by atoms with E-state index in [2.05, 4.69) is 36.1 Å². The van der Waals surface area contributed by atoms with Gasteiger partial charge >= 0.3 is 0 Å². The molecule has 1 aliphatic carbocycles. The minimum atomic E-state index is 0.354. The summed E-state index contributed by atoms with van der Waals surface area (Å²) in [7, 11) is 0. The first-order chi connectivity index (χ1) is 10.2. The molecule has 1 saturated carbocycles. The number of hydrogen-bond acceptors (Lipinski definition) is 1. The number of likely N-dealkylation sites (tertiary alicyclic amines) is 1. The van der Waals surface area contributed by atoms with Crippen LogP contribution in [0.2, 0.25) is 0 Å². The Morgan fingerprint density at radius 3 is 2.71 bits per heavy atom. The van der Waals surface area contributed by atoms with Crippen LogP contribution in [0.4, 0.5) is 0 Å². The Bertz CT molecular complexity index is 470. The van der Waals surface area contributed by atoms with E-state index in [9.17, 15) is 4.79 Å². The normalized spacial score (nSPS) is 29.9. The molecule has 0 bridgehead atoms. The Balaban J connectivity index is 1.62. The van der Waals surface area contributed by atoms with Crippen molar-refractivity contribution in [3.8, 4) is 0 Å². The van der Waals surface area contributed by atoms with Gasteiger partial charge in [0.2, 0.25) is 5.91 Å². The van der Waals surface area contributed by atoms with Crippen molar-refractivity contribution < 1.29 is 4.79 Å². The second-order valence-electron chi connectivity index (χ2n) is 7.07. The van der Waals surface area contributed by atoms with Crippen LogP contribution in [-0.2, 0) is 11.3 Å². The molecule has 1 aliphatic heterocycles. The summed E-state index contributed by atoms with van der Waals surface area (Å²) in [6.07, 6.45) is 8.55. The standard InChI is InChI=1S/C19H27NO/c1-15-6-5-9-17(12-15)13-18-10-11-19(21)20(18)14-16-7-3-2-4-8-16/h2-4,7-8,15,17-18H,5-6,9-14H2,1H3. The number of benzene rings is 1. The maximum Gasteiger partial charge on any atom is 0.223 e. The van der Waals surface area contributed by atoms with Crippen molar-refractivity contribution in [1.82, 2.24) is 4.90 Å². The van der Waals surface area contributed by atoms with Crippen LogP contribution in [0.1, 0.15) is 57.4 Å². The molecule has 0 aromatic heterocycles. The van der Waals surface area contributed by atoms with Crippen LogP contribution in [-0.4, -0.2) is 16.8 Å².